The first kappa shape index (κ1) is 15.7. The van der Waals surface area contributed by atoms with E-state index in [4.69, 9.17) is 0 Å². The van der Waals surface area contributed by atoms with E-state index in [9.17, 15) is 4.21 Å². The van der Waals surface area contributed by atoms with E-state index < -0.39 is 10.8 Å². The van der Waals surface area contributed by atoms with Crippen molar-refractivity contribution in [2.45, 2.75) is 37.9 Å². The van der Waals surface area contributed by atoms with Crippen LogP contribution in [-0.2, 0) is 17.3 Å². The number of aromatic nitrogens is 5. The fourth-order valence-electron chi connectivity index (χ4n) is 2.56. The Hall–Kier alpha value is -2.15. The molecule has 7 heteroatoms. The van der Waals surface area contributed by atoms with Gasteiger partial charge >= 0.3 is 0 Å². The summed E-state index contributed by atoms with van der Waals surface area (Å²) in [5.74, 6) is 0.609. The summed E-state index contributed by atoms with van der Waals surface area (Å²) >= 11 is 0. The summed E-state index contributed by atoms with van der Waals surface area (Å²) in [6.07, 6.45) is 11.7. The first-order valence-electron chi connectivity index (χ1n) is 7.66. The van der Waals surface area contributed by atoms with Gasteiger partial charge in [-0.1, -0.05) is 6.42 Å². The van der Waals surface area contributed by atoms with E-state index >= 15 is 0 Å². The first-order valence-corrected chi connectivity index (χ1v) is 8.98. The molecule has 0 N–H and O–H groups in total. The van der Waals surface area contributed by atoms with E-state index in [-0.39, 0.29) is 0 Å². The van der Waals surface area contributed by atoms with Gasteiger partial charge in [0.1, 0.15) is 5.52 Å². The van der Waals surface area contributed by atoms with E-state index in [1.807, 2.05) is 12.5 Å². The molecule has 0 radical (unpaired) electrons. The summed E-state index contributed by atoms with van der Waals surface area (Å²) < 4.78 is 14.2. The highest BCUT2D eigenvalue weighted by atomic mass is 32.2. The highest BCUT2D eigenvalue weighted by molar-refractivity contribution is 7.84. The lowest BCUT2D eigenvalue weighted by atomic mass is 10.2. The molecule has 0 fully saturated rings. The molecule has 23 heavy (non-hydrogen) atoms. The molecule has 1 atom stereocenters. The third-order valence-electron chi connectivity index (χ3n) is 3.68. The van der Waals surface area contributed by atoms with Gasteiger partial charge in [0, 0.05) is 30.9 Å². The summed E-state index contributed by atoms with van der Waals surface area (Å²) in [5, 5.41) is 0.427. The van der Waals surface area contributed by atoms with Crippen molar-refractivity contribution in [1.29, 1.82) is 0 Å². The quantitative estimate of drug-likeness (QED) is 0.492. The predicted molar refractivity (Wildman–Crippen MR) is 89.4 cm³/mol. The van der Waals surface area contributed by atoms with Crippen molar-refractivity contribution in [2.24, 2.45) is 0 Å². The van der Waals surface area contributed by atoms with Crippen molar-refractivity contribution in [3.05, 3.63) is 42.7 Å². The van der Waals surface area contributed by atoms with Gasteiger partial charge in [-0.25, -0.2) is 15.0 Å². The van der Waals surface area contributed by atoms with Crippen LogP contribution in [0.1, 0.15) is 24.8 Å². The molecule has 0 saturated heterocycles. The molecule has 0 aliphatic carbocycles. The van der Waals surface area contributed by atoms with Gasteiger partial charge in [0.2, 0.25) is 5.16 Å². The third-order valence-corrected chi connectivity index (χ3v) is 4.96. The second kappa shape index (κ2) is 7.41. The second-order valence-electron chi connectivity index (χ2n) is 5.40. The number of imidazole rings is 1. The largest absolute Gasteiger partial charge is 0.330 e. The van der Waals surface area contributed by atoms with E-state index in [1.54, 1.807) is 24.7 Å². The average Bonchev–Trinajstić information content (AvgIpc) is 3.00. The van der Waals surface area contributed by atoms with E-state index in [0.29, 0.717) is 10.9 Å². The Morgan fingerprint density at radius 3 is 2.74 bits per heavy atom. The Balaban J connectivity index is 1.47. The zero-order chi connectivity index (χ0) is 16.1. The lowest BCUT2D eigenvalue weighted by Crippen LogP contribution is -2.03. The number of pyridine rings is 1. The van der Waals surface area contributed by atoms with Crippen LogP contribution >= 0.6 is 0 Å². The molecule has 0 spiro atoms. The molecule has 1 unspecified atom stereocenters. The van der Waals surface area contributed by atoms with Gasteiger partial charge in [-0.15, -0.1) is 0 Å². The molecule has 3 rings (SSSR count). The Labute approximate surface area is 137 Å². The van der Waals surface area contributed by atoms with Gasteiger partial charge in [-0.2, -0.15) is 0 Å². The van der Waals surface area contributed by atoms with Crippen molar-refractivity contribution >= 4 is 21.8 Å². The van der Waals surface area contributed by atoms with Crippen LogP contribution in [0.4, 0.5) is 0 Å². The molecule has 0 amide bonds. The van der Waals surface area contributed by atoms with Crippen LogP contribution in [0.2, 0.25) is 0 Å². The molecule has 0 aromatic carbocycles. The highest BCUT2D eigenvalue weighted by Crippen LogP contribution is 2.16. The summed E-state index contributed by atoms with van der Waals surface area (Å²) in [6, 6.07) is 1.73. The fraction of sp³-hybridized carbons (Fsp3) is 0.375. The summed E-state index contributed by atoms with van der Waals surface area (Å²) in [4.78, 5) is 16.6. The number of rotatable bonds is 7. The fourth-order valence-corrected chi connectivity index (χ4v) is 3.56. The maximum absolute atomic E-state index is 12.0. The number of fused-ring (bicyclic) bond motifs is 1. The van der Waals surface area contributed by atoms with Crippen molar-refractivity contribution in [2.75, 3.05) is 5.75 Å². The molecule has 6 nitrogen and oxygen atoms in total. The zero-order valence-corrected chi connectivity index (χ0v) is 13.9. The molecule has 0 saturated carbocycles. The Morgan fingerprint density at radius 2 is 1.91 bits per heavy atom. The van der Waals surface area contributed by atoms with Crippen LogP contribution in [0.5, 0.6) is 0 Å². The standard InChI is InChI=1S/C16H19N5OS/c1-13-10-17-11-14-15(13)21(12-20-14)8-3-2-4-9-23(22)16-18-6-5-7-19-16/h5-7,10-12H,2-4,8-9H2,1H3. The monoisotopic (exact) mass is 329 g/mol. The van der Waals surface area contributed by atoms with Crippen molar-refractivity contribution < 1.29 is 4.21 Å². The third kappa shape index (κ3) is 3.79. The van der Waals surface area contributed by atoms with Crippen molar-refractivity contribution in [3.8, 4) is 0 Å². The molecule has 3 aromatic rings. The normalized spacial score (nSPS) is 12.6. The Bertz CT molecular complexity index is 803. The summed E-state index contributed by atoms with van der Waals surface area (Å²) in [5.41, 5.74) is 3.23. The molecular weight excluding hydrogens is 310 g/mol. The maximum Gasteiger partial charge on any atom is 0.218 e. The lowest BCUT2D eigenvalue weighted by molar-refractivity contribution is 0.609. The topological polar surface area (TPSA) is 73.6 Å². The van der Waals surface area contributed by atoms with Gasteiger partial charge in [0.05, 0.1) is 28.8 Å². The predicted octanol–water partition coefficient (Wildman–Crippen LogP) is 2.51. The first-order chi connectivity index (χ1) is 11.3. The summed E-state index contributed by atoms with van der Waals surface area (Å²) in [7, 11) is -1.10. The van der Waals surface area contributed by atoms with Crippen LogP contribution < -0.4 is 0 Å². The minimum Gasteiger partial charge on any atom is -0.330 e. The van der Waals surface area contributed by atoms with Gasteiger partial charge in [-0.3, -0.25) is 9.19 Å². The lowest BCUT2D eigenvalue weighted by Gasteiger charge is -2.06. The Kier molecular flexibility index (Phi) is 5.07. The van der Waals surface area contributed by atoms with Crippen molar-refractivity contribution in [1.82, 2.24) is 24.5 Å². The van der Waals surface area contributed by atoms with Crippen LogP contribution in [0.15, 0.2) is 42.3 Å². The van der Waals surface area contributed by atoms with Crippen LogP contribution in [-0.4, -0.2) is 34.5 Å². The molecule has 0 aliphatic rings. The average molecular weight is 329 g/mol. The van der Waals surface area contributed by atoms with Crippen molar-refractivity contribution in [3.63, 3.8) is 0 Å². The number of aryl methyl sites for hydroxylation is 2. The van der Waals surface area contributed by atoms with Crippen LogP contribution in [0.25, 0.3) is 11.0 Å². The second-order valence-corrected chi connectivity index (χ2v) is 6.87. The maximum atomic E-state index is 12.0. The van der Waals surface area contributed by atoms with E-state index in [0.717, 1.165) is 42.4 Å². The number of hydrogen-bond acceptors (Lipinski definition) is 5. The highest BCUT2D eigenvalue weighted by Gasteiger charge is 2.07. The molecular formula is C16H19N5OS. The molecule has 3 heterocycles. The van der Waals surface area contributed by atoms with Gasteiger partial charge in [0.25, 0.3) is 0 Å². The minimum atomic E-state index is -1.10. The molecule has 3 aromatic heterocycles. The van der Waals surface area contributed by atoms with E-state index in [1.165, 1.54) is 0 Å². The van der Waals surface area contributed by atoms with Crippen LogP contribution in [0, 0.1) is 6.92 Å². The van der Waals surface area contributed by atoms with Crippen LogP contribution in [0.3, 0.4) is 0 Å². The zero-order valence-electron chi connectivity index (χ0n) is 13.1. The number of nitrogens with zero attached hydrogens (tertiary/aromatic N) is 5. The van der Waals surface area contributed by atoms with E-state index in [2.05, 4.69) is 31.4 Å². The minimum absolute atomic E-state index is 0.427. The Morgan fingerprint density at radius 1 is 1.09 bits per heavy atom. The van der Waals surface area contributed by atoms with Gasteiger partial charge in [-0.05, 0) is 31.4 Å². The van der Waals surface area contributed by atoms with Gasteiger partial charge < -0.3 is 4.57 Å². The molecule has 0 aliphatic heterocycles. The van der Waals surface area contributed by atoms with Gasteiger partial charge in [0.15, 0.2) is 0 Å². The molecule has 0 bridgehead atoms. The SMILES string of the molecule is Cc1cncc2ncn(CCCCCS(=O)c3ncccn3)c12. The number of unbranched alkanes of at least 4 members (excludes halogenated alkanes) is 2. The molecule has 120 valence electrons. The summed E-state index contributed by atoms with van der Waals surface area (Å²) in [6.45, 7) is 2.96. The smallest absolute Gasteiger partial charge is 0.218 e. The number of hydrogen-bond donors (Lipinski definition) is 0.